The smallest absolute Gasteiger partial charge is 0.0998 e. The van der Waals surface area contributed by atoms with Crippen LogP contribution < -0.4 is 0 Å². The largest absolute Gasteiger partial charge is 0.253 e. The van der Waals surface area contributed by atoms with Crippen LogP contribution in [0.15, 0.2) is 66.7 Å². The van der Waals surface area contributed by atoms with Gasteiger partial charge < -0.3 is 0 Å². The molecule has 0 amide bonds. The highest BCUT2D eigenvalue weighted by molar-refractivity contribution is 5.75. The number of rotatable bonds is 2. The van der Waals surface area contributed by atoms with Crippen LogP contribution in [-0.2, 0) is 0 Å². The maximum Gasteiger partial charge on any atom is 0.0998 e. The van der Waals surface area contributed by atoms with Crippen LogP contribution >= 0.6 is 0 Å². The molecule has 0 aliphatic carbocycles. The van der Waals surface area contributed by atoms with Gasteiger partial charge in [0.1, 0.15) is 0 Å². The number of benzene rings is 2. The van der Waals surface area contributed by atoms with E-state index >= 15 is 0 Å². The quantitative estimate of drug-likeness (QED) is 0.682. The van der Waals surface area contributed by atoms with E-state index in [1.165, 1.54) is 0 Å². The fraction of sp³-hybridized carbons (Fsp3) is 0.0526. The van der Waals surface area contributed by atoms with E-state index in [4.69, 9.17) is 0 Å². The summed E-state index contributed by atoms with van der Waals surface area (Å²) in [6, 6.07) is 24.0. The van der Waals surface area contributed by atoms with Crippen molar-refractivity contribution in [3.63, 3.8) is 0 Å². The Kier molecular flexibility index (Phi) is 3.49. The molecule has 0 radical (unpaired) electrons. The first-order valence-electron chi connectivity index (χ1n) is 6.81. The van der Waals surface area contributed by atoms with E-state index in [1.54, 1.807) is 0 Å². The average molecular weight is 270 g/mol. The van der Waals surface area contributed by atoms with Gasteiger partial charge in [0.05, 0.1) is 17.3 Å². The maximum absolute atomic E-state index is 9.24. The molecule has 0 atom stereocenters. The van der Waals surface area contributed by atoms with Gasteiger partial charge in [0.2, 0.25) is 0 Å². The Morgan fingerprint density at radius 1 is 0.857 bits per heavy atom. The third kappa shape index (κ3) is 2.68. The van der Waals surface area contributed by atoms with Gasteiger partial charge in [-0.15, -0.1) is 0 Å². The summed E-state index contributed by atoms with van der Waals surface area (Å²) in [5.41, 5.74) is 5.68. The Bertz CT molecular complexity index is 829. The SMILES string of the molecule is Cc1cccc(-c2cccc(-c3ccccc3C#N)c2)n1. The summed E-state index contributed by atoms with van der Waals surface area (Å²) in [5, 5.41) is 9.24. The molecule has 0 saturated carbocycles. The molecule has 21 heavy (non-hydrogen) atoms. The lowest BCUT2D eigenvalue weighted by molar-refractivity contribution is 1.21. The van der Waals surface area contributed by atoms with Crippen molar-refractivity contribution in [1.29, 1.82) is 5.26 Å². The van der Waals surface area contributed by atoms with Crippen LogP contribution in [-0.4, -0.2) is 4.98 Å². The predicted octanol–water partition coefficient (Wildman–Crippen LogP) is 4.60. The highest BCUT2D eigenvalue weighted by Gasteiger charge is 2.06. The third-order valence-corrected chi connectivity index (χ3v) is 3.41. The molecule has 0 unspecified atom stereocenters. The number of nitrogens with zero attached hydrogens (tertiary/aromatic N) is 2. The standard InChI is InChI=1S/C19H14N2/c1-14-6-4-11-19(21-14)16-9-5-8-15(12-16)18-10-3-2-7-17(18)13-20/h2-12H,1H3. The number of hydrogen-bond donors (Lipinski definition) is 0. The molecule has 100 valence electrons. The van der Waals surface area contributed by atoms with Crippen molar-refractivity contribution < 1.29 is 0 Å². The minimum absolute atomic E-state index is 0.687. The summed E-state index contributed by atoms with van der Waals surface area (Å²) in [4.78, 5) is 4.56. The normalized spacial score (nSPS) is 10.1. The molecular formula is C19H14N2. The van der Waals surface area contributed by atoms with Gasteiger partial charge in [-0.05, 0) is 42.3 Å². The van der Waals surface area contributed by atoms with Crippen molar-refractivity contribution in [1.82, 2.24) is 4.98 Å². The molecule has 0 fully saturated rings. The second-order valence-electron chi connectivity index (χ2n) is 4.90. The summed E-state index contributed by atoms with van der Waals surface area (Å²) in [6.07, 6.45) is 0. The molecule has 0 N–H and O–H groups in total. The second kappa shape index (κ2) is 5.60. The van der Waals surface area contributed by atoms with Crippen LogP contribution in [0.3, 0.4) is 0 Å². The van der Waals surface area contributed by atoms with E-state index in [2.05, 4.69) is 17.1 Å². The molecule has 2 nitrogen and oxygen atoms in total. The minimum atomic E-state index is 0.687. The lowest BCUT2D eigenvalue weighted by atomic mass is 9.98. The van der Waals surface area contributed by atoms with E-state index in [0.29, 0.717) is 5.56 Å². The molecule has 0 spiro atoms. The van der Waals surface area contributed by atoms with Crippen LogP contribution in [0.25, 0.3) is 22.4 Å². The van der Waals surface area contributed by atoms with Gasteiger partial charge in [-0.1, -0.05) is 42.5 Å². The summed E-state index contributed by atoms with van der Waals surface area (Å²) >= 11 is 0. The molecule has 0 aliphatic heterocycles. The first kappa shape index (κ1) is 13.1. The first-order valence-corrected chi connectivity index (χ1v) is 6.81. The number of pyridine rings is 1. The van der Waals surface area contributed by atoms with Gasteiger partial charge >= 0.3 is 0 Å². The molecule has 0 bridgehead atoms. The highest BCUT2D eigenvalue weighted by atomic mass is 14.7. The van der Waals surface area contributed by atoms with E-state index in [-0.39, 0.29) is 0 Å². The monoisotopic (exact) mass is 270 g/mol. The van der Waals surface area contributed by atoms with Crippen molar-refractivity contribution in [3.05, 3.63) is 78.0 Å². The number of aromatic nitrogens is 1. The van der Waals surface area contributed by atoms with Crippen LogP contribution in [0.1, 0.15) is 11.3 Å². The lowest BCUT2D eigenvalue weighted by Crippen LogP contribution is -1.88. The number of aryl methyl sites for hydroxylation is 1. The fourth-order valence-electron chi connectivity index (χ4n) is 2.38. The Morgan fingerprint density at radius 3 is 2.43 bits per heavy atom. The van der Waals surface area contributed by atoms with E-state index in [1.807, 2.05) is 67.6 Å². The molecule has 0 saturated heterocycles. The van der Waals surface area contributed by atoms with Gasteiger partial charge in [0.25, 0.3) is 0 Å². The van der Waals surface area contributed by atoms with Crippen LogP contribution in [0, 0.1) is 18.3 Å². The van der Waals surface area contributed by atoms with Crippen LogP contribution in [0.2, 0.25) is 0 Å². The molecule has 2 heteroatoms. The molecule has 3 rings (SSSR count). The molecule has 0 aliphatic rings. The Morgan fingerprint density at radius 2 is 1.62 bits per heavy atom. The van der Waals surface area contributed by atoms with E-state index in [9.17, 15) is 5.26 Å². The third-order valence-electron chi connectivity index (χ3n) is 3.41. The van der Waals surface area contributed by atoms with Gasteiger partial charge in [-0.2, -0.15) is 5.26 Å². The van der Waals surface area contributed by atoms with E-state index < -0.39 is 0 Å². The van der Waals surface area contributed by atoms with Crippen molar-refractivity contribution >= 4 is 0 Å². The van der Waals surface area contributed by atoms with Crippen LogP contribution in [0.5, 0.6) is 0 Å². The van der Waals surface area contributed by atoms with Crippen molar-refractivity contribution in [2.75, 3.05) is 0 Å². The summed E-state index contributed by atoms with van der Waals surface area (Å²) in [7, 11) is 0. The second-order valence-corrected chi connectivity index (χ2v) is 4.90. The van der Waals surface area contributed by atoms with Crippen molar-refractivity contribution in [3.8, 4) is 28.5 Å². The summed E-state index contributed by atoms with van der Waals surface area (Å²) in [6.45, 7) is 1.98. The molecular weight excluding hydrogens is 256 g/mol. The summed E-state index contributed by atoms with van der Waals surface area (Å²) in [5.74, 6) is 0. The van der Waals surface area contributed by atoms with Gasteiger partial charge in [-0.25, -0.2) is 0 Å². The molecule has 3 aromatic rings. The molecule has 1 heterocycles. The Labute approximate surface area is 124 Å². The van der Waals surface area contributed by atoms with E-state index in [0.717, 1.165) is 28.1 Å². The topological polar surface area (TPSA) is 36.7 Å². The lowest BCUT2D eigenvalue weighted by Gasteiger charge is -2.07. The minimum Gasteiger partial charge on any atom is -0.253 e. The number of hydrogen-bond acceptors (Lipinski definition) is 2. The zero-order valence-corrected chi connectivity index (χ0v) is 11.7. The predicted molar refractivity (Wildman–Crippen MR) is 84.6 cm³/mol. The first-order chi connectivity index (χ1) is 10.3. The number of nitriles is 1. The average Bonchev–Trinajstić information content (AvgIpc) is 2.55. The van der Waals surface area contributed by atoms with Crippen molar-refractivity contribution in [2.24, 2.45) is 0 Å². The Balaban J connectivity index is 2.11. The van der Waals surface area contributed by atoms with Crippen LogP contribution in [0.4, 0.5) is 0 Å². The highest BCUT2D eigenvalue weighted by Crippen LogP contribution is 2.27. The maximum atomic E-state index is 9.24. The zero-order valence-electron chi connectivity index (χ0n) is 11.7. The summed E-state index contributed by atoms with van der Waals surface area (Å²) < 4.78 is 0. The molecule has 1 aromatic heterocycles. The zero-order chi connectivity index (χ0) is 14.7. The van der Waals surface area contributed by atoms with Gasteiger partial charge in [0, 0.05) is 11.3 Å². The fourth-order valence-corrected chi connectivity index (χ4v) is 2.38. The van der Waals surface area contributed by atoms with Gasteiger partial charge in [-0.3, -0.25) is 4.98 Å². The molecule has 2 aromatic carbocycles. The van der Waals surface area contributed by atoms with Crippen molar-refractivity contribution in [2.45, 2.75) is 6.92 Å². The Hall–Kier alpha value is -2.92. The van der Waals surface area contributed by atoms with Gasteiger partial charge in [0.15, 0.2) is 0 Å².